The van der Waals surface area contributed by atoms with Crippen LogP contribution in [-0.4, -0.2) is 52.7 Å². The highest BCUT2D eigenvalue weighted by Gasteiger charge is 2.30. The molecule has 1 fully saturated rings. The molecule has 30 heavy (non-hydrogen) atoms. The highest BCUT2D eigenvalue weighted by Crippen LogP contribution is 2.33. The van der Waals surface area contributed by atoms with Crippen LogP contribution >= 0.6 is 0 Å². The minimum Gasteiger partial charge on any atom is -0.507 e. The lowest BCUT2D eigenvalue weighted by molar-refractivity contribution is 0.125. The molecule has 0 bridgehead atoms. The Kier molecular flexibility index (Phi) is 6.02. The maximum Gasteiger partial charge on any atom is 0.259 e. The zero-order valence-corrected chi connectivity index (χ0v) is 17.7. The Labute approximate surface area is 177 Å². The predicted molar refractivity (Wildman–Crippen MR) is 120 cm³/mol. The Bertz CT molecular complexity index is 1040. The number of aromatic hydroxyl groups is 1. The molecule has 0 saturated carbocycles. The van der Waals surface area contributed by atoms with E-state index in [1.54, 1.807) is 10.6 Å². The molecule has 4 rings (SSSR count). The number of benzene rings is 2. The average molecular weight is 404 g/mol. The van der Waals surface area contributed by atoms with E-state index in [9.17, 15) is 9.90 Å². The first-order chi connectivity index (χ1) is 14.5. The first-order valence-corrected chi connectivity index (χ1v) is 10.5. The highest BCUT2D eigenvalue weighted by molar-refractivity contribution is 5.41. The van der Waals surface area contributed by atoms with Crippen molar-refractivity contribution in [3.63, 3.8) is 0 Å². The van der Waals surface area contributed by atoms with E-state index in [1.165, 1.54) is 0 Å². The van der Waals surface area contributed by atoms with Crippen molar-refractivity contribution in [2.24, 2.45) is 0 Å². The summed E-state index contributed by atoms with van der Waals surface area (Å²) < 4.78 is 1.77. The smallest absolute Gasteiger partial charge is 0.259 e. The van der Waals surface area contributed by atoms with Gasteiger partial charge in [0.2, 0.25) is 0 Å². The molecule has 0 aliphatic carbocycles. The van der Waals surface area contributed by atoms with Crippen LogP contribution in [0.3, 0.4) is 0 Å². The third kappa shape index (κ3) is 4.18. The number of piperazine rings is 1. The van der Waals surface area contributed by atoms with Crippen LogP contribution in [0.15, 0.2) is 71.5 Å². The Morgan fingerprint density at radius 2 is 1.53 bits per heavy atom. The van der Waals surface area contributed by atoms with Crippen molar-refractivity contribution in [2.75, 3.05) is 33.2 Å². The third-order valence-corrected chi connectivity index (χ3v) is 6.00. The minimum atomic E-state index is -0.268. The van der Waals surface area contributed by atoms with Gasteiger partial charge >= 0.3 is 0 Å². The summed E-state index contributed by atoms with van der Waals surface area (Å²) in [6, 6.07) is 21.5. The van der Waals surface area contributed by atoms with E-state index in [0.717, 1.165) is 43.0 Å². The SMILES string of the molecule is Cc1cc(O)c([C@@H](c2ccccc2)N2CCN(C)CC2)c(=O)n1Cc1ccccc1. The molecular weight excluding hydrogens is 374 g/mol. The van der Waals surface area contributed by atoms with Crippen LogP contribution in [0.4, 0.5) is 0 Å². The standard InChI is InChI=1S/C25H29N3O2/c1-19-17-22(29)23(25(30)28(19)18-20-9-5-3-6-10-20)24(21-11-7-4-8-12-21)27-15-13-26(2)14-16-27/h3-12,17,24,29H,13-16,18H2,1-2H3/t24-/m1/s1. The monoisotopic (exact) mass is 403 g/mol. The van der Waals surface area contributed by atoms with Crippen molar-refractivity contribution >= 4 is 0 Å². The summed E-state index contributed by atoms with van der Waals surface area (Å²) in [4.78, 5) is 18.3. The number of aromatic nitrogens is 1. The maximum atomic E-state index is 13.7. The molecule has 2 aromatic carbocycles. The van der Waals surface area contributed by atoms with Crippen LogP contribution < -0.4 is 5.56 Å². The van der Waals surface area contributed by atoms with Gasteiger partial charge in [0.1, 0.15) is 5.75 Å². The van der Waals surface area contributed by atoms with Gasteiger partial charge < -0.3 is 14.6 Å². The van der Waals surface area contributed by atoms with Gasteiger partial charge in [0, 0.05) is 31.9 Å². The molecule has 156 valence electrons. The largest absolute Gasteiger partial charge is 0.507 e. The van der Waals surface area contributed by atoms with Gasteiger partial charge in [-0.25, -0.2) is 0 Å². The van der Waals surface area contributed by atoms with Gasteiger partial charge in [-0.05, 0) is 31.2 Å². The van der Waals surface area contributed by atoms with Crippen molar-refractivity contribution in [2.45, 2.75) is 19.5 Å². The van der Waals surface area contributed by atoms with Crippen LogP contribution in [-0.2, 0) is 6.54 Å². The molecule has 0 radical (unpaired) electrons. The lowest BCUT2D eigenvalue weighted by atomic mass is 9.96. The molecule has 2 heterocycles. The Morgan fingerprint density at radius 3 is 2.17 bits per heavy atom. The second-order valence-electron chi connectivity index (χ2n) is 8.11. The van der Waals surface area contributed by atoms with Crippen LogP contribution in [0.2, 0.25) is 0 Å². The van der Waals surface area contributed by atoms with Crippen molar-refractivity contribution in [1.29, 1.82) is 0 Å². The number of hydrogen-bond acceptors (Lipinski definition) is 4. The number of rotatable bonds is 5. The molecule has 1 aliphatic rings. The molecule has 1 N–H and O–H groups in total. The van der Waals surface area contributed by atoms with Gasteiger partial charge in [0.15, 0.2) is 0 Å². The summed E-state index contributed by atoms with van der Waals surface area (Å²) in [5.74, 6) is 0.0783. The quantitative estimate of drug-likeness (QED) is 0.711. The van der Waals surface area contributed by atoms with Gasteiger partial charge in [-0.2, -0.15) is 0 Å². The predicted octanol–water partition coefficient (Wildman–Crippen LogP) is 3.25. The van der Waals surface area contributed by atoms with Crippen molar-refractivity contribution < 1.29 is 5.11 Å². The Hall–Kier alpha value is -2.89. The highest BCUT2D eigenvalue weighted by atomic mass is 16.3. The second kappa shape index (κ2) is 8.86. The zero-order valence-electron chi connectivity index (χ0n) is 17.7. The molecule has 1 saturated heterocycles. The molecule has 5 nitrogen and oxygen atoms in total. The molecular formula is C25H29N3O2. The molecule has 0 spiro atoms. The number of hydrogen-bond donors (Lipinski definition) is 1. The van der Waals surface area contributed by atoms with Gasteiger partial charge in [-0.1, -0.05) is 60.7 Å². The van der Waals surface area contributed by atoms with Crippen molar-refractivity contribution in [3.8, 4) is 5.75 Å². The molecule has 0 unspecified atom stereocenters. The average Bonchev–Trinajstić information content (AvgIpc) is 2.76. The number of aryl methyl sites for hydroxylation is 1. The fourth-order valence-corrected chi connectivity index (χ4v) is 4.26. The number of nitrogens with zero attached hydrogens (tertiary/aromatic N) is 3. The van der Waals surface area contributed by atoms with Crippen LogP contribution in [0, 0.1) is 6.92 Å². The van der Waals surface area contributed by atoms with Crippen LogP contribution in [0.5, 0.6) is 5.75 Å². The zero-order chi connectivity index (χ0) is 21.1. The van der Waals surface area contributed by atoms with E-state index in [2.05, 4.69) is 16.8 Å². The summed E-state index contributed by atoms with van der Waals surface area (Å²) in [5, 5.41) is 10.9. The second-order valence-corrected chi connectivity index (χ2v) is 8.11. The van der Waals surface area contributed by atoms with E-state index < -0.39 is 0 Å². The Balaban J connectivity index is 1.82. The number of likely N-dealkylation sites (N-methyl/N-ethyl adjacent to an activating group) is 1. The first kappa shape index (κ1) is 20.4. The number of pyridine rings is 1. The van der Waals surface area contributed by atoms with E-state index >= 15 is 0 Å². The summed E-state index contributed by atoms with van der Waals surface area (Å²) in [6.07, 6.45) is 0. The van der Waals surface area contributed by atoms with E-state index in [-0.39, 0.29) is 17.4 Å². The minimum absolute atomic E-state index is 0.0783. The van der Waals surface area contributed by atoms with Gasteiger partial charge in [0.25, 0.3) is 5.56 Å². The molecule has 1 aromatic heterocycles. The fourth-order valence-electron chi connectivity index (χ4n) is 4.26. The summed E-state index contributed by atoms with van der Waals surface area (Å²) >= 11 is 0. The van der Waals surface area contributed by atoms with Crippen molar-refractivity contribution in [3.05, 3.63) is 99.5 Å². The lowest BCUT2D eigenvalue weighted by Crippen LogP contribution is -2.47. The molecule has 5 heteroatoms. The molecule has 1 aliphatic heterocycles. The first-order valence-electron chi connectivity index (χ1n) is 10.5. The molecule has 3 aromatic rings. The van der Waals surface area contributed by atoms with Gasteiger partial charge in [-0.15, -0.1) is 0 Å². The van der Waals surface area contributed by atoms with E-state index in [4.69, 9.17) is 0 Å². The van der Waals surface area contributed by atoms with E-state index in [0.29, 0.717) is 12.1 Å². The summed E-state index contributed by atoms with van der Waals surface area (Å²) in [7, 11) is 2.12. The normalized spacial score (nSPS) is 16.5. The maximum absolute atomic E-state index is 13.7. The van der Waals surface area contributed by atoms with Crippen molar-refractivity contribution in [1.82, 2.24) is 14.4 Å². The van der Waals surface area contributed by atoms with E-state index in [1.807, 2.05) is 67.6 Å². The summed E-state index contributed by atoms with van der Waals surface area (Å²) in [5.41, 5.74) is 3.20. The van der Waals surface area contributed by atoms with Crippen LogP contribution in [0.25, 0.3) is 0 Å². The van der Waals surface area contributed by atoms with Crippen LogP contribution in [0.1, 0.15) is 28.4 Å². The lowest BCUT2D eigenvalue weighted by Gasteiger charge is -2.38. The topological polar surface area (TPSA) is 48.7 Å². The van der Waals surface area contributed by atoms with Gasteiger partial charge in [0.05, 0.1) is 18.2 Å². The fraction of sp³-hybridized carbons (Fsp3) is 0.320. The van der Waals surface area contributed by atoms with Gasteiger partial charge in [-0.3, -0.25) is 9.69 Å². The third-order valence-electron chi connectivity index (χ3n) is 6.00. The Morgan fingerprint density at radius 1 is 0.933 bits per heavy atom. The molecule has 0 amide bonds. The summed E-state index contributed by atoms with van der Waals surface area (Å²) in [6.45, 7) is 5.94. The molecule has 1 atom stereocenters.